The van der Waals surface area contributed by atoms with Crippen molar-refractivity contribution in [1.82, 2.24) is 14.7 Å². The predicted molar refractivity (Wildman–Crippen MR) is 128 cm³/mol. The first-order chi connectivity index (χ1) is 16.6. The highest BCUT2D eigenvalue weighted by atomic mass is 16.5. The first-order valence-electron chi connectivity index (χ1n) is 12.8. The van der Waals surface area contributed by atoms with Crippen LogP contribution in [0.1, 0.15) is 62.2 Å². The second-order valence-electron chi connectivity index (χ2n) is 9.42. The fourth-order valence-corrected chi connectivity index (χ4v) is 5.15. The second-order valence-corrected chi connectivity index (χ2v) is 9.42. The molecule has 0 bridgehead atoms. The van der Waals surface area contributed by atoms with E-state index in [2.05, 4.69) is 0 Å². The summed E-state index contributed by atoms with van der Waals surface area (Å²) >= 11 is 0. The summed E-state index contributed by atoms with van der Waals surface area (Å²) in [5.74, 6) is 1.26. The SMILES string of the molecule is CCOc1cc(C(=O)N2CCN(C(=O)C3CCCC3)CC2)ccc1OCC(=O)N1CCCCC1. The van der Waals surface area contributed by atoms with E-state index in [4.69, 9.17) is 9.47 Å². The van der Waals surface area contributed by atoms with Gasteiger partial charge in [-0.1, -0.05) is 12.8 Å². The topological polar surface area (TPSA) is 79.4 Å². The minimum Gasteiger partial charge on any atom is -0.490 e. The molecule has 8 nitrogen and oxygen atoms in total. The molecule has 3 fully saturated rings. The van der Waals surface area contributed by atoms with Gasteiger partial charge in [-0.25, -0.2) is 0 Å². The van der Waals surface area contributed by atoms with Gasteiger partial charge >= 0.3 is 0 Å². The molecule has 0 spiro atoms. The Morgan fingerprint density at radius 3 is 2.15 bits per heavy atom. The minimum absolute atomic E-state index is 0.0210. The Hall–Kier alpha value is -2.77. The van der Waals surface area contributed by atoms with Gasteiger partial charge in [0.15, 0.2) is 18.1 Å². The lowest BCUT2D eigenvalue weighted by Crippen LogP contribution is -2.51. The van der Waals surface area contributed by atoms with E-state index >= 15 is 0 Å². The molecule has 4 rings (SSSR count). The summed E-state index contributed by atoms with van der Waals surface area (Å²) in [7, 11) is 0. The average molecular weight is 472 g/mol. The van der Waals surface area contributed by atoms with Crippen LogP contribution in [0, 0.1) is 5.92 Å². The van der Waals surface area contributed by atoms with E-state index < -0.39 is 0 Å². The zero-order chi connectivity index (χ0) is 23.9. The highest BCUT2D eigenvalue weighted by Crippen LogP contribution is 2.30. The van der Waals surface area contributed by atoms with Crippen molar-refractivity contribution in [1.29, 1.82) is 0 Å². The van der Waals surface area contributed by atoms with Gasteiger partial charge < -0.3 is 24.2 Å². The van der Waals surface area contributed by atoms with Crippen molar-refractivity contribution >= 4 is 17.7 Å². The molecule has 0 unspecified atom stereocenters. The lowest BCUT2D eigenvalue weighted by molar-refractivity contribution is -0.137. The van der Waals surface area contributed by atoms with Crippen molar-refractivity contribution in [3.8, 4) is 11.5 Å². The van der Waals surface area contributed by atoms with Crippen molar-refractivity contribution in [2.75, 3.05) is 52.5 Å². The maximum atomic E-state index is 13.1. The Morgan fingerprint density at radius 2 is 1.47 bits per heavy atom. The number of nitrogens with zero attached hydrogens (tertiary/aromatic N) is 3. The highest BCUT2D eigenvalue weighted by Gasteiger charge is 2.31. The highest BCUT2D eigenvalue weighted by molar-refractivity contribution is 5.95. The molecule has 1 aromatic carbocycles. The number of piperidine rings is 1. The third-order valence-electron chi connectivity index (χ3n) is 7.13. The maximum Gasteiger partial charge on any atom is 0.260 e. The van der Waals surface area contributed by atoms with Gasteiger partial charge in [0, 0.05) is 50.7 Å². The monoisotopic (exact) mass is 471 g/mol. The number of carbonyl (C=O) groups is 3. The van der Waals surface area contributed by atoms with Crippen molar-refractivity contribution in [2.45, 2.75) is 51.9 Å². The molecule has 1 aromatic rings. The lowest BCUT2D eigenvalue weighted by atomic mass is 10.1. The number of benzene rings is 1. The van der Waals surface area contributed by atoms with Crippen LogP contribution in [0.2, 0.25) is 0 Å². The van der Waals surface area contributed by atoms with Crippen LogP contribution in [0.5, 0.6) is 11.5 Å². The summed E-state index contributed by atoms with van der Waals surface area (Å²) < 4.78 is 11.5. The summed E-state index contributed by atoms with van der Waals surface area (Å²) in [5, 5.41) is 0. The van der Waals surface area contributed by atoms with E-state index in [1.807, 2.05) is 16.7 Å². The van der Waals surface area contributed by atoms with E-state index in [-0.39, 0.29) is 30.2 Å². The Morgan fingerprint density at radius 1 is 0.794 bits per heavy atom. The number of amides is 3. The smallest absolute Gasteiger partial charge is 0.260 e. The van der Waals surface area contributed by atoms with Crippen LogP contribution in [-0.2, 0) is 9.59 Å². The zero-order valence-electron chi connectivity index (χ0n) is 20.3. The maximum absolute atomic E-state index is 13.1. The molecule has 0 atom stereocenters. The predicted octanol–water partition coefficient (Wildman–Crippen LogP) is 2.95. The Bertz CT molecular complexity index is 869. The molecule has 3 aliphatic rings. The van der Waals surface area contributed by atoms with Crippen LogP contribution in [0.4, 0.5) is 0 Å². The van der Waals surface area contributed by atoms with Crippen LogP contribution in [0.3, 0.4) is 0 Å². The van der Waals surface area contributed by atoms with E-state index in [0.717, 1.165) is 51.6 Å². The van der Waals surface area contributed by atoms with Crippen molar-refractivity contribution in [3.05, 3.63) is 23.8 Å². The Kier molecular flexibility index (Phi) is 8.29. The molecule has 0 N–H and O–H groups in total. The first kappa shape index (κ1) is 24.4. The molecule has 2 aliphatic heterocycles. The molecule has 0 radical (unpaired) electrons. The average Bonchev–Trinajstić information content (AvgIpc) is 3.43. The van der Waals surface area contributed by atoms with Gasteiger partial charge in [0.1, 0.15) is 0 Å². The molecule has 2 heterocycles. The van der Waals surface area contributed by atoms with Crippen LogP contribution < -0.4 is 9.47 Å². The summed E-state index contributed by atoms with van der Waals surface area (Å²) in [6.07, 6.45) is 7.52. The van der Waals surface area contributed by atoms with Crippen LogP contribution >= 0.6 is 0 Å². The van der Waals surface area contributed by atoms with Gasteiger partial charge in [0.05, 0.1) is 6.61 Å². The Labute approximate surface area is 202 Å². The quantitative estimate of drug-likeness (QED) is 0.611. The minimum atomic E-state index is -0.0788. The third-order valence-corrected chi connectivity index (χ3v) is 7.13. The normalized spacial score (nSPS) is 19.3. The van der Waals surface area contributed by atoms with Crippen molar-refractivity contribution < 1.29 is 23.9 Å². The van der Waals surface area contributed by atoms with Crippen molar-refractivity contribution in [3.63, 3.8) is 0 Å². The van der Waals surface area contributed by atoms with Crippen LogP contribution in [0.15, 0.2) is 18.2 Å². The van der Waals surface area contributed by atoms with Gasteiger partial charge in [0.25, 0.3) is 11.8 Å². The molecule has 1 saturated carbocycles. The lowest BCUT2D eigenvalue weighted by Gasteiger charge is -2.36. The number of piperazine rings is 1. The third kappa shape index (κ3) is 5.83. The van der Waals surface area contributed by atoms with E-state index in [1.54, 1.807) is 23.1 Å². The van der Waals surface area contributed by atoms with Gasteiger partial charge in [0.2, 0.25) is 5.91 Å². The van der Waals surface area contributed by atoms with E-state index in [9.17, 15) is 14.4 Å². The zero-order valence-corrected chi connectivity index (χ0v) is 20.3. The molecular weight excluding hydrogens is 434 g/mol. The number of hydrogen-bond donors (Lipinski definition) is 0. The van der Waals surface area contributed by atoms with Gasteiger partial charge in [-0.3, -0.25) is 14.4 Å². The molecule has 0 aromatic heterocycles. The molecule has 8 heteroatoms. The van der Waals surface area contributed by atoms with E-state index in [0.29, 0.717) is 49.8 Å². The summed E-state index contributed by atoms with van der Waals surface area (Å²) in [5.41, 5.74) is 0.522. The number of likely N-dealkylation sites (tertiary alicyclic amines) is 1. The van der Waals surface area contributed by atoms with Crippen LogP contribution in [-0.4, -0.2) is 84.9 Å². The largest absolute Gasteiger partial charge is 0.490 e. The molecular formula is C26H37N3O5. The molecule has 34 heavy (non-hydrogen) atoms. The van der Waals surface area contributed by atoms with E-state index in [1.165, 1.54) is 6.42 Å². The fraction of sp³-hybridized carbons (Fsp3) is 0.654. The number of carbonyl (C=O) groups excluding carboxylic acids is 3. The summed E-state index contributed by atoms with van der Waals surface area (Å²) in [6, 6.07) is 5.13. The molecule has 1 aliphatic carbocycles. The number of ether oxygens (including phenoxy) is 2. The summed E-state index contributed by atoms with van der Waals surface area (Å²) in [6.45, 7) is 6.06. The molecule has 3 amide bonds. The van der Waals surface area contributed by atoms with Gasteiger partial charge in [-0.05, 0) is 57.2 Å². The summed E-state index contributed by atoms with van der Waals surface area (Å²) in [4.78, 5) is 43.8. The standard InChI is InChI=1S/C26H37N3O5/c1-2-33-23-18-21(10-11-22(23)34-19-24(30)27-12-6-3-7-13-27)26(32)29-16-14-28(15-17-29)25(31)20-8-4-5-9-20/h10-11,18,20H,2-9,12-17,19H2,1H3. The molecule has 186 valence electrons. The molecule has 2 saturated heterocycles. The van der Waals surface area contributed by atoms with Crippen LogP contribution in [0.25, 0.3) is 0 Å². The number of rotatable bonds is 7. The number of hydrogen-bond acceptors (Lipinski definition) is 5. The van der Waals surface area contributed by atoms with Gasteiger partial charge in [-0.2, -0.15) is 0 Å². The fourth-order valence-electron chi connectivity index (χ4n) is 5.15. The first-order valence-corrected chi connectivity index (χ1v) is 12.8. The van der Waals surface area contributed by atoms with Crippen molar-refractivity contribution in [2.24, 2.45) is 5.92 Å². The second kappa shape index (κ2) is 11.6. The van der Waals surface area contributed by atoms with Gasteiger partial charge in [-0.15, -0.1) is 0 Å². The Balaban J connectivity index is 1.34.